The second-order valence-corrected chi connectivity index (χ2v) is 6.58. The van der Waals surface area contributed by atoms with Crippen LogP contribution in [0.15, 0.2) is 30.5 Å². The van der Waals surface area contributed by atoms with Crippen molar-refractivity contribution in [3.63, 3.8) is 0 Å². The van der Waals surface area contributed by atoms with Crippen LogP contribution in [0.2, 0.25) is 0 Å². The molecule has 0 aliphatic carbocycles. The number of para-hydroxylation sites is 1. The molecule has 1 amide bonds. The van der Waals surface area contributed by atoms with E-state index in [9.17, 15) is 4.79 Å². The van der Waals surface area contributed by atoms with Gasteiger partial charge in [0.1, 0.15) is 10.0 Å². The highest BCUT2D eigenvalue weighted by atomic mass is 32.1. The van der Waals surface area contributed by atoms with Crippen molar-refractivity contribution >= 4 is 28.1 Å². The van der Waals surface area contributed by atoms with Crippen molar-refractivity contribution in [1.29, 1.82) is 0 Å². The van der Waals surface area contributed by atoms with Gasteiger partial charge in [-0.1, -0.05) is 36.5 Å². The zero-order chi connectivity index (χ0) is 16.1. The summed E-state index contributed by atoms with van der Waals surface area (Å²) in [7, 11) is 0. The molecule has 0 saturated heterocycles. The molecule has 23 heavy (non-hydrogen) atoms. The number of nitrogens with one attached hydrogen (secondary N) is 2. The first-order valence-electron chi connectivity index (χ1n) is 7.89. The molecule has 0 aliphatic heterocycles. The number of hydrogen-bond acceptors (Lipinski definition) is 4. The fourth-order valence-corrected chi connectivity index (χ4v) is 3.27. The number of rotatable bonds is 7. The summed E-state index contributed by atoms with van der Waals surface area (Å²) >= 11 is 1.56. The molecule has 3 aromatic rings. The molecule has 3 rings (SSSR count). The lowest BCUT2D eigenvalue weighted by Gasteiger charge is -2.03. The molecule has 2 heterocycles. The maximum atomic E-state index is 11.9. The van der Waals surface area contributed by atoms with Crippen molar-refractivity contribution in [3.05, 3.63) is 46.0 Å². The summed E-state index contributed by atoms with van der Waals surface area (Å²) in [6, 6.07) is 8.24. The third-order valence-electron chi connectivity index (χ3n) is 3.77. The molecule has 2 N–H and O–H groups in total. The summed E-state index contributed by atoms with van der Waals surface area (Å²) in [5.41, 5.74) is 2.42. The fraction of sp³-hybridized carbons (Fsp3) is 0.353. The van der Waals surface area contributed by atoms with Crippen LogP contribution in [0.4, 0.5) is 0 Å². The van der Waals surface area contributed by atoms with Crippen LogP contribution in [-0.4, -0.2) is 21.1 Å². The van der Waals surface area contributed by atoms with Gasteiger partial charge in [-0.05, 0) is 30.9 Å². The Labute approximate surface area is 139 Å². The Hall–Kier alpha value is -2.21. The number of H-pyrrole nitrogens is 1. The lowest BCUT2D eigenvalue weighted by atomic mass is 10.1. The van der Waals surface area contributed by atoms with E-state index < -0.39 is 0 Å². The minimum absolute atomic E-state index is 0.0677. The first-order valence-corrected chi connectivity index (χ1v) is 8.71. The van der Waals surface area contributed by atoms with Crippen LogP contribution in [0.25, 0.3) is 10.9 Å². The standard InChI is InChI=1S/C17H20N4OS/c1-2-16-20-21-17(23-16)11-19-15(22)9-5-6-12-10-18-14-8-4-3-7-13(12)14/h3-4,7-8,10,18H,2,5-6,9,11H2,1H3,(H,19,22). The minimum atomic E-state index is 0.0677. The average molecular weight is 328 g/mol. The van der Waals surface area contributed by atoms with Gasteiger partial charge in [-0.3, -0.25) is 4.79 Å². The van der Waals surface area contributed by atoms with Crippen LogP contribution in [0.3, 0.4) is 0 Å². The van der Waals surface area contributed by atoms with E-state index in [1.165, 1.54) is 10.9 Å². The Morgan fingerprint density at radius 1 is 1.26 bits per heavy atom. The molecular formula is C17H20N4OS. The van der Waals surface area contributed by atoms with Crippen molar-refractivity contribution in [2.45, 2.75) is 39.2 Å². The average Bonchev–Trinajstić information content (AvgIpc) is 3.20. The number of carbonyl (C=O) groups excluding carboxylic acids is 1. The van der Waals surface area contributed by atoms with E-state index in [4.69, 9.17) is 0 Å². The smallest absolute Gasteiger partial charge is 0.220 e. The molecule has 6 heteroatoms. The minimum Gasteiger partial charge on any atom is -0.361 e. The van der Waals surface area contributed by atoms with Crippen LogP contribution < -0.4 is 5.32 Å². The molecule has 0 saturated carbocycles. The van der Waals surface area contributed by atoms with Crippen molar-refractivity contribution in [2.24, 2.45) is 0 Å². The van der Waals surface area contributed by atoms with E-state index in [1.54, 1.807) is 11.3 Å². The van der Waals surface area contributed by atoms with Crippen molar-refractivity contribution in [2.75, 3.05) is 0 Å². The Morgan fingerprint density at radius 2 is 2.09 bits per heavy atom. The van der Waals surface area contributed by atoms with Gasteiger partial charge in [-0.25, -0.2) is 0 Å². The van der Waals surface area contributed by atoms with Crippen LogP contribution in [0, 0.1) is 0 Å². The quantitative estimate of drug-likeness (QED) is 0.699. The molecule has 2 aromatic heterocycles. The normalized spacial score (nSPS) is 11.0. The third-order valence-corrected chi connectivity index (χ3v) is 4.84. The van der Waals surface area contributed by atoms with Gasteiger partial charge in [0, 0.05) is 23.5 Å². The Balaban J connectivity index is 1.44. The van der Waals surface area contributed by atoms with E-state index in [2.05, 4.69) is 32.6 Å². The summed E-state index contributed by atoms with van der Waals surface area (Å²) < 4.78 is 0. The first-order chi connectivity index (χ1) is 11.3. The number of aryl methyl sites for hydroxylation is 2. The molecule has 0 unspecified atom stereocenters. The van der Waals surface area contributed by atoms with Crippen molar-refractivity contribution in [1.82, 2.24) is 20.5 Å². The van der Waals surface area contributed by atoms with Gasteiger partial charge in [0.2, 0.25) is 5.91 Å². The highest BCUT2D eigenvalue weighted by Crippen LogP contribution is 2.19. The van der Waals surface area contributed by atoms with E-state index in [0.717, 1.165) is 34.8 Å². The van der Waals surface area contributed by atoms with Gasteiger partial charge < -0.3 is 10.3 Å². The molecule has 0 radical (unpaired) electrons. The molecule has 0 atom stereocenters. The highest BCUT2D eigenvalue weighted by molar-refractivity contribution is 7.11. The Kier molecular flexibility index (Phi) is 5.02. The molecule has 0 aliphatic rings. The summed E-state index contributed by atoms with van der Waals surface area (Å²) in [5, 5.41) is 14.1. The predicted octanol–water partition coefficient (Wildman–Crippen LogP) is 3.22. The van der Waals surface area contributed by atoms with Gasteiger partial charge in [0.25, 0.3) is 0 Å². The number of amides is 1. The van der Waals surface area contributed by atoms with Gasteiger partial charge >= 0.3 is 0 Å². The highest BCUT2D eigenvalue weighted by Gasteiger charge is 2.07. The SMILES string of the molecule is CCc1nnc(CNC(=O)CCCc2c[nH]c3ccccc23)s1. The maximum absolute atomic E-state index is 11.9. The molecule has 0 spiro atoms. The largest absolute Gasteiger partial charge is 0.361 e. The van der Waals surface area contributed by atoms with E-state index in [1.807, 2.05) is 25.3 Å². The second kappa shape index (κ2) is 7.37. The van der Waals surface area contributed by atoms with E-state index in [0.29, 0.717) is 13.0 Å². The number of hydrogen-bond donors (Lipinski definition) is 2. The van der Waals surface area contributed by atoms with Crippen LogP contribution in [-0.2, 0) is 24.2 Å². The summed E-state index contributed by atoms with van der Waals surface area (Å²) in [4.78, 5) is 15.2. The third kappa shape index (κ3) is 3.96. The molecule has 5 nitrogen and oxygen atoms in total. The predicted molar refractivity (Wildman–Crippen MR) is 92.4 cm³/mol. The fourth-order valence-electron chi connectivity index (χ4n) is 2.54. The second-order valence-electron chi connectivity index (χ2n) is 5.43. The summed E-state index contributed by atoms with van der Waals surface area (Å²) in [6.07, 6.45) is 5.19. The van der Waals surface area contributed by atoms with E-state index in [-0.39, 0.29) is 5.91 Å². The maximum Gasteiger partial charge on any atom is 0.220 e. The zero-order valence-electron chi connectivity index (χ0n) is 13.1. The number of fused-ring (bicyclic) bond motifs is 1. The Morgan fingerprint density at radius 3 is 2.91 bits per heavy atom. The number of benzene rings is 1. The number of aromatic nitrogens is 3. The van der Waals surface area contributed by atoms with Gasteiger partial charge in [-0.15, -0.1) is 10.2 Å². The van der Waals surface area contributed by atoms with Crippen LogP contribution in [0.5, 0.6) is 0 Å². The topological polar surface area (TPSA) is 70.7 Å². The van der Waals surface area contributed by atoms with Gasteiger partial charge in [-0.2, -0.15) is 0 Å². The number of aromatic amines is 1. The first kappa shape index (κ1) is 15.7. The van der Waals surface area contributed by atoms with Gasteiger partial charge in [0.15, 0.2) is 0 Å². The van der Waals surface area contributed by atoms with E-state index >= 15 is 0 Å². The lowest BCUT2D eigenvalue weighted by Crippen LogP contribution is -2.22. The molecule has 120 valence electrons. The monoisotopic (exact) mass is 328 g/mol. The Bertz CT molecular complexity index is 793. The summed E-state index contributed by atoms with van der Waals surface area (Å²) in [6.45, 7) is 2.52. The van der Waals surface area contributed by atoms with Crippen LogP contribution >= 0.6 is 11.3 Å². The van der Waals surface area contributed by atoms with Gasteiger partial charge in [0.05, 0.1) is 6.54 Å². The van der Waals surface area contributed by atoms with Crippen molar-refractivity contribution in [3.8, 4) is 0 Å². The molecular weight excluding hydrogens is 308 g/mol. The molecule has 1 aromatic carbocycles. The lowest BCUT2D eigenvalue weighted by molar-refractivity contribution is -0.121. The zero-order valence-corrected chi connectivity index (χ0v) is 13.9. The number of carbonyl (C=O) groups is 1. The molecule has 0 bridgehead atoms. The van der Waals surface area contributed by atoms with Crippen molar-refractivity contribution < 1.29 is 4.79 Å². The van der Waals surface area contributed by atoms with Crippen LogP contribution in [0.1, 0.15) is 35.3 Å². The molecule has 0 fully saturated rings. The number of nitrogens with zero attached hydrogens (tertiary/aromatic N) is 2. The summed E-state index contributed by atoms with van der Waals surface area (Å²) in [5.74, 6) is 0.0677.